The van der Waals surface area contributed by atoms with E-state index in [2.05, 4.69) is 31.5 Å². The Bertz CT molecular complexity index is 771. The number of aromatic nitrogens is 3. The largest absolute Gasteiger partial charge is 0.353 e. The molecule has 106 valence electrons. The van der Waals surface area contributed by atoms with Gasteiger partial charge in [-0.1, -0.05) is 6.07 Å². The van der Waals surface area contributed by atoms with Gasteiger partial charge in [-0.15, -0.1) is 16.4 Å². The second-order valence-corrected chi connectivity index (χ2v) is 6.14. The Morgan fingerprint density at radius 2 is 2.19 bits per heavy atom. The Morgan fingerprint density at radius 1 is 1.24 bits per heavy atom. The smallest absolute Gasteiger partial charge is 0.212 e. The minimum Gasteiger partial charge on any atom is -0.353 e. The first-order chi connectivity index (χ1) is 10.3. The second kappa shape index (κ2) is 5.04. The van der Waals surface area contributed by atoms with Gasteiger partial charge in [0.1, 0.15) is 0 Å². The van der Waals surface area contributed by atoms with Crippen molar-refractivity contribution in [3.05, 3.63) is 47.5 Å². The van der Waals surface area contributed by atoms with Crippen molar-refractivity contribution >= 4 is 27.2 Å². The Kier molecular flexibility index (Phi) is 3.03. The third-order valence-corrected chi connectivity index (χ3v) is 4.88. The Morgan fingerprint density at radius 3 is 3.05 bits per heavy atom. The van der Waals surface area contributed by atoms with Crippen molar-refractivity contribution in [2.75, 3.05) is 18.0 Å². The Labute approximate surface area is 125 Å². The zero-order chi connectivity index (χ0) is 14.2. The SMILES string of the molecule is Fc1ccc(C2CCN(c3nncc4ccsc34)C2)cn1. The molecule has 0 aliphatic carbocycles. The van der Waals surface area contributed by atoms with E-state index >= 15 is 0 Å². The van der Waals surface area contributed by atoms with Gasteiger partial charge in [-0.3, -0.25) is 0 Å². The van der Waals surface area contributed by atoms with Crippen molar-refractivity contribution in [2.45, 2.75) is 12.3 Å². The molecule has 0 bridgehead atoms. The summed E-state index contributed by atoms with van der Waals surface area (Å²) in [6.45, 7) is 1.81. The molecule has 1 aliphatic rings. The number of fused-ring (bicyclic) bond motifs is 1. The highest BCUT2D eigenvalue weighted by molar-refractivity contribution is 7.17. The maximum Gasteiger partial charge on any atom is 0.212 e. The van der Waals surface area contributed by atoms with E-state index in [1.165, 1.54) is 10.8 Å². The van der Waals surface area contributed by atoms with Crippen LogP contribution < -0.4 is 4.90 Å². The lowest BCUT2D eigenvalue weighted by atomic mass is 10.0. The second-order valence-electron chi connectivity index (χ2n) is 5.22. The van der Waals surface area contributed by atoms with Crippen LogP contribution in [0.4, 0.5) is 10.2 Å². The number of halogens is 1. The first-order valence-electron chi connectivity index (χ1n) is 6.86. The van der Waals surface area contributed by atoms with Crippen LogP contribution in [0.15, 0.2) is 36.0 Å². The van der Waals surface area contributed by atoms with E-state index in [4.69, 9.17) is 0 Å². The van der Waals surface area contributed by atoms with Crippen LogP contribution in [-0.2, 0) is 0 Å². The highest BCUT2D eigenvalue weighted by Gasteiger charge is 2.26. The first-order valence-corrected chi connectivity index (χ1v) is 7.74. The van der Waals surface area contributed by atoms with Crippen molar-refractivity contribution in [1.82, 2.24) is 15.2 Å². The quantitative estimate of drug-likeness (QED) is 0.682. The van der Waals surface area contributed by atoms with Crippen LogP contribution >= 0.6 is 11.3 Å². The molecule has 1 unspecified atom stereocenters. The van der Waals surface area contributed by atoms with Crippen molar-refractivity contribution < 1.29 is 4.39 Å². The highest BCUT2D eigenvalue weighted by Crippen LogP contribution is 2.34. The van der Waals surface area contributed by atoms with Gasteiger partial charge in [0.2, 0.25) is 5.95 Å². The molecule has 0 aromatic carbocycles. The van der Waals surface area contributed by atoms with E-state index in [0.717, 1.165) is 36.3 Å². The summed E-state index contributed by atoms with van der Waals surface area (Å²) in [7, 11) is 0. The molecule has 1 atom stereocenters. The summed E-state index contributed by atoms with van der Waals surface area (Å²) in [5.74, 6) is 0.901. The molecule has 0 N–H and O–H groups in total. The van der Waals surface area contributed by atoms with Gasteiger partial charge in [0.15, 0.2) is 5.82 Å². The molecule has 4 rings (SSSR count). The molecule has 21 heavy (non-hydrogen) atoms. The summed E-state index contributed by atoms with van der Waals surface area (Å²) in [6, 6.07) is 5.32. The van der Waals surface area contributed by atoms with Crippen LogP contribution in [0.2, 0.25) is 0 Å². The van der Waals surface area contributed by atoms with E-state index in [1.807, 2.05) is 6.07 Å². The summed E-state index contributed by atoms with van der Waals surface area (Å²) in [5.41, 5.74) is 1.09. The normalized spacial score (nSPS) is 18.5. The third kappa shape index (κ3) is 2.25. The maximum atomic E-state index is 12.9. The molecule has 0 saturated carbocycles. The molecule has 0 spiro atoms. The van der Waals surface area contributed by atoms with Crippen LogP contribution in [0.3, 0.4) is 0 Å². The minimum atomic E-state index is -0.428. The predicted molar refractivity (Wildman–Crippen MR) is 81.2 cm³/mol. The van der Waals surface area contributed by atoms with Gasteiger partial charge >= 0.3 is 0 Å². The lowest BCUT2D eigenvalue weighted by Gasteiger charge is -2.17. The van der Waals surface area contributed by atoms with Crippen molar-refractivity contribution in [2.24, 2.45) is 0 Å². The van der Waals surface area contributed by atoms with Gasteiger partial charge in [-0.25, -0.2) is 4.98 Å². The average Bonchev–Trinajstić information content (AvgIpc) is 3.16. The monoisotopic (exact) mass is 300 g/mol. The van der Waals surface area contributed by atoms with Crippen LogP contribution in [0.5, 0.6) is 0 Å². The number of thiophene rings is 1. The van der Waals surface area contributed by atoms with E-state index in [-0.39, 0.29) is 0 Å². The van der Waals surface area contributed by atoms with Gasteiger partial charge in [-0.2, -0.15) is 9.49 Å². The number of pyridine rings is 1. The number of hydrogen-bond donors (Lipinski definition) is 0. The number of rotatable bonds is 2. The van der Waals surface area contributed by atoms with E-state index in [0.29, 0.717) is 5.92 Å². The summed E-state index contributed by atoms with van der Waals surface area (Å²) in [4.78, 5) is 6.02. The van der Waals surface area contributed by atoms with Gasteiger partial charge in [0.25, 0.3) is 0 Å². The van der Waals surface area contributed by atoms with Crippen LogP contribution in [0.1, 0.15) is 17.9 Å². The molecule has 3 aromatic rings. The van der Waals surface area contributed by atoms with Crippen LogP contribution in [0, 0.1) is 5.95 Å². The van der Waals surface area contributed by atoms with E-state index in [1.54, 1.807) is 23.7 Å². The maximum absolute atomic E-state index is 12.9. The highest BCUT2D eigenvalue weighted by atomic mass is 32.1. The predicted octanol–water partition coefficient (Wildman–Crippen LogP) is 3.22. The van der Waals surface area contributed by atoms with E-state index in [9.17, 15) is 4.39 Å². The Balaban J connectivity index is 1.61. The van der Waals surface area contributed by atoms with Crippen LogP contribution in [0.25, 0.3) is 10.1 Å². The number of nitrogens with zero attached hydrogens (tertiary/aromatic N) is 4. The molecule has 1 aliphatic heterocycles. The molecule has 0 amide bonds. The fraction of sp³-hybridized carbons (Fsp3) is 0.267. The molecule has 0 radical (unpaired) electrons. The van der Waals surface area contributed by atoms with Gasteiger partial charge in [0, 0.05) is 30.6 Å². The molecule has 4 nitrogen and oxygen atoms in total. The van der Waals surface area contributed by atoms with Crippen molar-refractivity contribution in [3.8, 4) is 0 Å². The fourth-order valence-electron chi connectivity index (χ4n) is 2.85. The van der Waals surface area contributed by atoms with Crippen molar-refractivity contribution in [3.63, 3.8) is 0 Å². The zero-order valence-corrected chi connectivity index (χ0v) is 12.1. The molecule has 1 fully saturated rings. The summed E-state index contributed by atoms with van der Waals surface area (Å²) in [6.07, 6.45) is 4.46. The van der Waals surface area contributed by atoms with E-state index < -0.39 is 5.95 Å². The topological polar surface area (TPSA) is 41.9 Å². The Hall–Kier alpha value is -2.08. The fourth-order valence-corrected chi connectivity index (χ4v) is 3.74. The molecular formula is C15H13FN4S. The van der Waals surface area contributed by atoms with Crippen LogP contribution in [-0.4, -0.2) is 28.3 Å². The molecular weight excluding hydrogens is 287 g/mol. The molecule has 3 aromatic heterocycles. The third-order valence-electron chi connectivity index (χ3n) is 3.96. The lowest BCUT2D eigenvalue weighted by molar-refractivity contribution is 0.580. The summed E-state index contributed by atoms with van der Waals surface area (Å²) >= 11 is 1.69. The van der Waals surface area contributed by atoms with Gasteiger partial charge in [-0.05, 0) is 29.5 Å². The van der Waals surface area contributed by atoms with Gasteiger partial charge in [0.05, 0.1) is 10.9 Å². The summed E-state index contributed by atoms with van der Waals surface area (Å²) < 4.78 is 14.1. The average molecular weight is 300 g/mol. The first kappa shape index (κ1) is 12.6. The number of anilines is 1. The molecule has 1 saturated heterocycles. The summed E-state index contributed by atoms with van der Waals surface area (Å²) in [5, 5.41) is 11.6. The lowest BCUT2D eigenvalue weighted by Crippen LogP contribution is -2.20. The minimum absolute atomic E-state index is 0.370. The standard InChI is InChI=1S/C15H13FN4S/c16-13-2-1-10(7-17-13)12-3-5-20(9-12)15-14-11(4-6-21-14)8-18-19-15/h1-2,4,6-8,12H,3,5,9H2. The zero-order valence-electron chi connectivity index (χ0n) is 11.2. The van der Waals surface area contributed by atoms with Crippen molar-refractivity contribution in [1.29, 1.82) is 0 Å². The number of hydrogen-bond acceptors (Lipinski definition) is 5. The molecule has 4 heterocycles. The van der Waals surface area contributed by atoms with Gasteiger partial charge < -0.3 is 4.90 Å². The molecule has 6 heteroatoms.